The Balaban J connectivity index is 1.73. The van der Waals surface area contributed by atoms with Gasteiger partial charge in [-0.1, -0.05) is 13.3 Å². The number of aromatic nitrogens is 2. The molecule has 1 aromatic heterocycles. The van der Waals surface area contributed by atoms with Gasteiger partial charge in [-0.15, -0.1) is 0 Å². The second kappa shape index (κ2) is 5.35. The summed E-state index contributed by atoms with van der Waals surface area (Å²) in [7, 11) is 0. The molecule has 1 aromatic rings. The van der Waals surface area contributed by atoms with Gasteiger partial charge in [0.1, 0.15) is 0 Å². The summed E-state index contributed by atoms with van der Waals surface area (Å²) in [4.78, 5) is 14.6. The molecule has 1 unspecified atom stereocenters. The Morgan fingerprint density at radius 1 is 1.32 bits per heavy atom. The molecule has 3 rings (SSSR count). The highest BCUT2D eigenvalue weighted by Crippen LogP contribution is 2.25. The standard InChI is InChI=1S/C15H23N3O/c1-2-11-5-4-9-18(10-8-11)15(19)14-12-6-3-7-13(12)16-17-14/h11H,2-10H2,1H3,(H,16,17). The zero-order valence-electron chi connectivity index (χ0n) is 11.7. The lowest BCUT2D eigenvalue weighted by molar-refractivity contribution is 0.0753. The fourth-order valence-corrected chi connectivity index (χ4v) is 3.42. The number of fused-ring (bicyclic) bond motifs is 1. The molecular weight excluding hydrogens is 238 g/mol. The summed E-state index contributed by atoms with van der Waals surface area (Å²) < 4.78 is 0. The summed E-state index contributed by atoms with van der Waals surface area (Å²) in [6, 6.07) is 0. The summed E-state index contributed by atoms with van der Waals surface area (Å²) in [5, 5.41) is 7.31. The Bertz CT molecular complexity index is 466. The van der Waals surface area contributed by atoms with Crippen molar-refractivity contribution in [1.82, 2.24) is 15.1 Å². The predicted octanol–water partition coefficient (Wildman–Crippen LogP) is 2.55. The van der Waals surface area contributed by atoms with Crippen molar-refractivity contribution in [2.75, 3.05) is 13.1 Å². The van der Waals surface area contributed by atoms with Gasteiger partial charge in [-0.05, 0) is 44.4 Å². The maximum atomic E-state index is 12.6. The number of nitrogens with zero attached hydrogens (tertiary/aromatic N) is 2. The molecular formula is C15H23N3O. The highest BCUT2D eigenvalue weighted by molar-refractivity contribution is 5.94. The van der Waals surface area contributed by atoms with Crippen LogP contribution in [0.25, 0.3) is 0 Å². The Morgan fingerprint density at radius 3 is 3.05 bits per heavy atom. The molecule has 1 amide bonds. The highest BCUT2D eigenvalue weighted by atomic mass is 16.2. The van der Waals surface area contributed by atoms with Gasteiger partial charge in [-0.2, -0.15) is 5.10 Å². The van der Waals surface area contributed by atoms with Crippen molar-refractivity contribution < 1.29 is 4.79 Å². The first-order chi connectivity index (χ1) is 9.29. The van der Waals surface area contributed by atoms with Crippen LogP contribution in [0.5, 0.6) is 0 Å². The minimum absolute atomic E-state index is 0.149. The molecule has 1 fully saturated rings. The van der Waals surface area contributed by atoms with Crippen molar-refractivity contribution in [3.8, 4) is 0 Å². The van der Waals surface area contributed by atoms with Gasteiger partial charge in [0.15, 0.2) is 5.69 Å². The summed E-state index contributed by atoms with van der Waals surface area (Å²) in [5.41, 5.74) is 3.06. The van der Waals surface area contributed by atoms with Crippen LogP contribution in [-0.2, 0) is 12.8 Å². The molecule has 0 aromatic carbocycles. The van der Waals surface area contributed by atoms with E-state index in [9.17, 15) is 4.79 Å². The van der Waals surface area contributed by atoms with Gasteiger partial charge < -0.3 is 4.90 Å². The molecule has 1 N–H and O–H groups in total. The van der Waals surface area contributed by atoms with E-state index in [0.717, 1.165) is 51.1 Å². The van der Waals surface area contributed by atoms with E-state index in [1.54, 1.807) is 0 Å². The van der Waals surface area contributed by atoms with E-state index in [4.69, 9.17) is 0 Å². The number of rotatable bonds is 2. The lowest BCUT2D eigenvalue weighted by atomic mass is 9.98. The number of nitrogens with one attached hydrogen (secondary N) is 1. The fraction of sp³-hybridized carbons (Fsp3) is 0.733. The van der Waals surface area contributed by atoms with E-state index in [1.807, 2.05) is 4.90 Å². The van der Waals surface area contributed by atoms with Crippen LogP contribution < -0.4 is 0 Å². The number of hydrogen-bond acceptors (Lipinski definition) is 2. The lowest BCUT2D eigenvalue weighted by Crippen LogP contribution is -2.32. The quantitative estimate of drug-likeness (QED) is 0.889. The second-order valence-electron chi connectivity index (χ2n) is 5.88. The number of amides is 1. The van der Waals surface area contributed by atoms with Crippen LogP contribution in [0.3, 0.4) is 0 Å². The molecule has 2 aliphatic rings. The average Bonchev–Trinajstić information content (AvgIpc) is 2.94. The van der Waals surface area contributed by atoms with Crippen molar-refractivity contribution in [1.29, 1.82) is 0 Å². The molecule has 1 saturated heterocycles. The van der Waals surface area contributed by atoms with Gasteiger partial charge in [0.05, 0.1) is 0 Å². The van der Waals surface area contributed by atoms with Crippen molar-refractivity contribution >= 4 is 5.91 Å². The zero-order valence-corrected chi connectivity index (χ0v) is 11.7. The van der Waals surface area contributed by atoms with Crippen LogP contribution in [0, 0.1) is 5.92 Å². The van der Waals surface area contributed by atoms with Crippen LogP contribution in [0.2, 0.25) is 0 Å². The van der Waals surface area contributed by atoms with Crippen LogP contribution in [-0.4, -0.2) is 34.1 Å². The molecule has 1 aliphatic carbocycles. The summed E-state index contributed by atoms with van der Waals surface area (Å²) in [5.74, 6) is 0.943. The van der Waals surface area contributed by atoms with Gasteiger partial charge in [0.25, 0.3) is 5.91 Å². The molecule has 104 valence electrons. The van der Waals surface area contributed by atoms with E-state index in [2.05, 4.69) is 17.1 Å². The Kier molecular flexibility index (Phi) is 3.58. The Hall–Kier alpha value is -1.32. The van der Waals surface area contributed by atoms with E-state index in [0.29, 0.717) is 5.69 Å². The topological polar surface area (TPSA) is 49.0 Å². The molecule has 0 bridgehead atoms. The number of aromatic amines is 1. The lowest BCUT2D eigenvalue weighted by Gasteiger charge is -2.20. The SMILES string of the molecule is CCC1CCCN(C(=O)c2n[nH]c3c2CCC3)CC1. The zero-order chi connectivity index (χ0) is 13.2. The summed E-state index contributed by atoms with van der Waals surface area (Å²) in [6.45, 7) is 4.05. The molecule has 4 nitrogen and oxygen atoms in total. The van der Waals surface area contributed by atoms with Gasteiger partial charge in [0, 0.05) is 24.3 Å². The monoisotopic (exact) mass is 261 g/mol. The summed E-state index contributed by atoms with van der Waals surface area (Å²) >= 11 is 0. The molecule has 1 atom stereocenters. The number of hydrogen-bond donors (Lipinski definition) is 1. The smallest absolute Gasteiger partial charge is 0.274 e. The first kappa shape index (κ1) is 12.7. The maximum absolute atomic E-state index is 12.6. The largest absolute Gasteiger partial charge is 0.337 e. The number of carbonyl (C=O) groups is 1. The van der Waals surface area contributed by atoms with Crippen molar-refractivity contribution in [2.45, 2.75) is 51.9 Å². The molecule has 0 saturated carbocycles. The third kappa shape index (κ3) is 2.40. The van der Waals surface area contributed by atoms with Gasteiger partial charge in [-0.3, -0.25) is 9.89 Å². The minimum Gasteiger partial charge on any atom is -0.337 e. The first-order valence-corrected chi connectivity index (χ1v) is 7.65. The first-order valence-electron chi connectivity index (χ1n) is 7.65. The third-order valence-electron chi connectivity index (χ3n) is 4.72. The van der Waals surface area contributed by atoms with Crippen LogP contribution in [0.15, 0.2) is 0 Å². The number of likely N-dealkylation sites (tertiary alicyclic amines) is 1. The van der Waals surface area contributed by atoms with Crippen LogP contribution in [0.4, 0.5) is 0 Å². The van der Waals surface area contributed by atoms with Crippen molar-refractivity contribution in [2.24, 2.45) is 5.92 Å². The highest BCUT2D eigenvalue weighted by Gasteiger charge is 2.27. The second-order valence-corrected chi connectivity index (χ2v) is 5.88. The van der Waals surface area contributed by atoms with Gasteiger partial charge in [-0.25, -0.2) is 0 Å². The van der Waals surface area contributed by atoms with E-state index < -0.39 is 0 Å². The van der Waals surface area contributed by atoms with Crippen LogP contribution >= 0.6 is 0 Å². The molecule has 0 spiro atoms. The van der Waals surface area contributed by atoms with Crippen molar-refractivity contribution in [3.63, 3.8) is 0 Å². The van der Waals surface area contributed by atoms with E-state index >= 15 is 0 Å². The fourth-order valence-electron chi connectivity index (χ4n) is 3.42. The number of carbonyl (C=O) groups excluding carboxylic acids is 1. The van der Waals surface area contributed by atoms with Crippen molar-refractivity contribution in [3.05, 3.63) is 17.0 Å². The maximum Gasteiger partial charge on any atom is 0.274 e. The Labute approximate surface area is 114 Å². The number of aryl methyl sites for hydroxylation is 1. The summed E-state index contributed by atoms with van der Waals surface area (Å²) in [6.07, 6.45) is 8.00. The normalized spacial score (nSPS) is 23.2. The average molecular weight is 261 g/mol. The molecule has 19 heavy (non-hydrogen) atoms. The van der Waals surface area contributed by atoms with Crippen LogP contribution in [0.1, 0.15) is 60.8 Å². The Morgan fingerprint density at radius 2 is 2.21 bits per heavy atom. The van der Waals surface area contributed by atoms with E-state index in [-0.39, 0.29) is 5.91 Å². The van der Waals surface area contributed by atoms with E-state index in [1.165, 1.54) is 24.1 Å². The number of H-pyrrole nitrogens is 1. The van der Waals surface area contributed by atoms with Gasteiger partial charge in [0.2, 0.25) is 0 Å². The molecule has 2 heterocycles. The minimum atomic E-state index is 0.149. The molecule has 0 radical (unpaired) electrons. The molecule has 1 aliphatic heterocycles. The third-order valence-corrected chi connectivity index (χ3v) is 4.72. The molecule has 4 heteroatoms. The predicted molar refractivity (Wildman–Crippen MR) is 74.1 cm³/mol. The van der Waals surface area contributed by atoms with Gasteiger partial charge >= 0.3 is 0 Å².